The van der Waals surface area contributed by atoms with E-state index < -0.39 is 21.0 Å². The predicted octanol–water partition coefficient (Wildman–Crippen LogP) is 3.75. The van der Waals surface area contributed by atoms with Crippen LogP contribution < -0.4 is 5.32 Å². The molecule has 6 nitrogen and oxygen atoms in total. The van der Waals surface area contributed by atoms with Gasteiger partial charge in [0, 0.05) is 18.7 Å². The van der Waals surface area contributed by atoms with E-state index in [-0.39, 0.29) is 10.8 Å². The molecule has 1 aliphatic heterocycles. The van der Waals surface area contributed by atoms with Gasteiger partial charge in [0.25, 0.3) is 11.8 Å². The van der Waals surface area contributed by atoms with Gasteiger partial charge in [-0.3, -0.25) is 9.59 Å². The molecule has 0 aliphatic carbocycles. The molecule has 154 valence electrons. The molecule has 3 rings (SSSR count). The van der Waals surface area contributed by atoms with Crippen LogP contribution in [0, 0.1) is 0 Å². The van der Waals surface area contributed by atoms with Crippen LogP contribution in [0.25, 0.3) is 0 Å². The van der Waals surface area contributed by atoms with E-state index in [2.05, 4.69) is 5.32 Å². The Kier molecular flexibility index (Phi) is 6.37. The van der Waals surface area contributed by atoms with Crippen molar-refractivity contribution in [3.05, 3.63) is 59.7 Å². The van der Waals surface area contributed by atoms with Crippen LogP contribution in [-0.2, 0) is 9.84 Å². The van der Waals surface area contributed by atoms with E-state index in [0.29, 0.717) is 16.8 Å². The first-order chi connectivity index (χ1) is 13.8. The van der Waals surface area contributed by atoms with Crippen LogP contribution in [0.4, 0.5) is 5.69 Å². The number of carbonyl (C=O) groups is 2. The lowest BCUT2D eigenvalue weighted by molar-refractivity contribution is 0.0725. The third-order valence-electron chi connectivity index (χ3n) is 5.11. The third-order valence-corrected chi connectivity index (χ3v) is 7.29. The normalized spacial score (nSPS) is 14.7. The van der Waals surface area contributed by atoms with E-state index >= 15 is 0 Å². The molecule has 0 saturated carbocycles. The summed E-state index contributed by atoms with van der Waals surface area (Å²) in [6.45, 7) is 4.69. The lowest BCUT2D eigenvalue weighted by atomic mass is 10.1. The van der Waals surface area contributed by atoms with Crippen LogP contribution >= 0.6 is 0 Å². The maximum atomic E-state index is 12.9. The van der Waals surface area contributed by atoms with Gasteiger partial charge in [0.05, 0.1) is 21.4 Å². The molecule has 1 N–H and O–H groups in total. The molecular weight excluding hydrogens is 388 g/mol. The van der Waals surface area contributed by atoms with E-state index in [1.54, 1.807) is 38.1 Å². The van der Waals surface area contributed by atoms with Crippen LogP contribution in [0.2, 0.25) is 0 Å². The fourth-order valence-electron chi connectivity index (χ4n) is 3.31. The minimum absolute atomic E-state index is 0.0843. The van der Waals surface area contributed by atoms with Crippen molar-refractivity contribution in [2.24, 2.45) is 0 Å². The van der Waals surface area contributed by atoms with Gasteiger partial charge in [-0.25, -0.2) is 8.42 Å². The van der Waals surface area contributed by atoms with Crippen LogP contribution in [0.1, 0.15) is 53.8 Å². The van der Waals surface area contributed by atoms with Gasteiger partial charge in [0.15, 0.2) is 9.84 Å². The number of anilines is 1. The minimum Gasteiger partial charge on any atom is -0.339 e. The Hall–Kier alpha value is -2.67. The zero-order valence-corrected chi connectivity index (χ0v) is 17.5. The Labute approximate surface area is 171 Å². The summed E-state index contributed by atoms with van der Waals surface area (Å²) >= 11 is 0. The molecule has 1 saturated heterocycles. The van der Waals surface area contributed by atoms with E-state index in [4.69, 9.17) is 0 Å². The van der Waals surface area contributed by atoms with Crippen molar-refractivity contribution in [3.8, 4) is 0 Å². The summed E-state index contributed by atoms with van der Waals surface area (Å²) in [6.07, 6.45) is 3.11. The van der Waals surface area contributed by atoms with E-state index in [1.807, 2.05) is 4.90 Å². The highest BCUT2D eigenvalue weighted by Crippen LogP contribution is 2.22. The first-order valence-electron chi connectivity index (χ1n) is 9.84. The number of piperidine rings is 1. The molecule has 1 heterocycles. The van der Waals surface area contributed by atoms with Crippen molar-refractivity contribution in [1.82, 2.24) is 4.90 Å². The number of benzene rings is 2. The number of likely N-dealkylation sites (tertiary alicyclic amines) is 1. The van der Waals surface area contributed by atoms with Gasteiger partial charge in [-0.05, 0) is 69.5 Å². The Balaban J connectivity index is 1.78. The largest absolute Gasteiger partial charge is 0.339 e. The number of nitrogens with zero attached hydrogens (tertiary/aromatic N) is 1. The van der Waals surface area contributed by atoms with E-state index in [9.17, 15) is 18.0 Å². The molecule has 0 aromatic heterocycles. The topological polar surface area (TPSA) is 83.5 Å². The van der Waals surface area contributed by atoms with Gasteiger partial charge in [0.1, 0.15) is 0 Å². The number of hydrogen-bond donors (Lipinski definition) is 1. The second-order valence-corrected chi connectivity index (χ2v) is 9.97. The Morgan fingerprint density at radius 1 is 0.931 bits per heavy atom. The fraction of sp³-hybridized carbons (Fsp3) is 0.364. The first kappa shape index (κ1) is 21.0. The molecular formula is C22H26N2O4S. The Bertz CT molecular complexity index is 992. The van der Waals surface area contributed by atoms with Crippen molar-refractivity contribution in [2.75, 3.05) is 18.4 Å². The molecule has 0 spiro atoms. The zero-order chi connectivity index (χ0) is 21.0. The fourth-order valence-corrected chi connectivity index (χ4v) is 4.37. The summed E-state index contributed by atoms with van der Waals surface area (Å²) in [4.78, 5) is 27.5. The number of hydrogen-bond acceptors (Lipinski definition) is 4. The maximum Gasteiger partial charge on any atom is 0.255 e. The summed E-state index contributed by atoms with van der Waals surface area (Å²) in [6, 6.07) is 12.8. The molecule has 2 aromatic rings. The number of sulfone groups is 1. The third kappa shape index (κ3) is 4.67. The highest BCUT2D eigenvalue weighted by atomic mass is 32.2. The molecule has 7 heteroatoms. The average molecular weight is 415 g/mol. The molecule has 0 unspecified atom stereocenters. The number of rotatable bonds is 5. The average Bonchev–Trinajstić information content (AvgIpc) is 2.74. The minimum atomic E-state index is -3.39. The van der Waals surface area contributed by atoms with Crippen molar-refractivity contribution >= 4 is 27.3 Å². The summed E-state index contributed by atoms with van der Waals surface area (Å²) in [5.74, 6) is -0.476. The summed E-state index contributed by atoms with van der Waals surface area (Å²) in [5, 5.41) is 2.26. The monoisotopic (exact) mass is 414 g/mol. The molecule has 2 aromatic carbocycles. The molecule has 1 aliphatic rings. The smallest absolute Gasteiger partial charge is 0.255 e. The number of carbonyl (C=O) groups excluding carboxylic acids is 2. The van der Waals surface area contributed by atoms with E-state index in [0.717, 1.165) is 32.4 Å². The van der Waals surface area contributed by atoms with Gasteiger partial charge in [-0.2, -0.15) is 0 Å². The highest BCUT2D eigenvalue weighted by Gasteiger charge is 2.22. The van der Waals surface area contributed by atoms with E-state index in [1.165, 1.54) is 24.3 Å². The molecule has 0 radical (unpaired) electrons. The molecule has 0 bridgehead atoms. The molecule has 29 heavy (non-hydrogen) atoms. The van der Waals surface area contributed by atoms with Crippen LogP contribution in [-0.4, -0.2) is 43.5 Å². The number of nitrogens with one attached hydrogen (secondary N) is 1. The van der Waals surface area contributed by atoms with Crippen LogP contribution in [0.3, 0.4) is 0 Å². The second kappa shape index (κ2) is 8.78. The molecule has 1 fully saturated rings. The summed E-state index contributed by atoms with van der Waals surface area (Å²) in [7, 11) is -3.39. The summed E-state index contributed by atoms with van der Waals surface area (Å²) < 4.78 is 24.5. The predicted molar refractivity (Wildman–Crippen MR) is 113 cm³/mol. The zero-order valence-electron chi connectivity index (χ0n) is 16.7. The van der Waals surface area contributed by atoms with Crippen LogP contribution in [0.5, 0.6) is 0 Å². The van der Waals surface area contributed by atoms with Crippen LogP contribution in [0.15, 0.2) is 53.4 Å². The van der Waals surface area contributed by atoms with Crippen molar-refractivity contribution in [1.29, 1.82) is 0 Å². The van der Waals surface area contributed by atoms with Gasteiger partial charge in [-0.15, -0.1) is 0 Å². The maximum absolute atomic E-state index is 12.9. The van der Waals surface area contributed by atoms with Gasteiger partial charge in [-0.1, -0.05) is 12.1 Å². The molecule has 0 atom stereocenters. The lowest BCUT2D eigenvalue weighted by Crippen LogP contribution is -2.36. The van der Waals surface area contributed by atoms with Gasteiger partial charge >= 0.3 is 0 Å². The molecule has 2 amide bonds. The first-order valence-corrected chi connectivity index (χ1v) is 11.4. The SMILES string of the molecule is CC(C)S(=O)(=O)c1ccc(C(=O)Nc2ccccc2C(=O)N2CCCCC2)cc1. The van der Waals surface area contributed by atoms with Gasteiger partial charge < -0.3 is 10.2 Å². The number of amides is 2. The summed E-state index contributed by atoms with van der Waals surface area (Å²) in [5.41, 5.74) is 1.24. The number of para-hydroxylation sites is 1. The Morgan fingerprint density at radius 3 is 2.17 bits per heavy atom. The van der Waals surface area contributed by atoms with Crippen molar-refractivity contribution in [2.45, 2.75) is 43.3 Å². The van der Waals surface area contributed by atoms with Crippen molar-refractivity contribution < 1.29 is 18.0 Å². The highest BCUT2D eigenvalue weighted by molar-refractivity contribution is 7.92. The standard InChI is InChI=1S/C22H26N2O4S/c1-16(2)29(27,28)18-12-10-17(11-13-18)21(25)23-20-9-5-4-8-19(20)22(26)24-14-6-3-7-15-24/h4-5,8-13,16H,3,6-7,14-15H2,1-2H3,(H,23,25). The lowest BCUT2D eigenvalue weighted by Gasteiger charge is -2.27. The van der Waals surface area contributed by atoms with Crippen molar-refractivity contribution in [3.63, 3.8) is 0 Å². The second-order valence-electron chi connectivity index (χ2n) is 7.47. The Morgan fingerprint density at radius 2 is 1.55 bits per heavy atom. The van der Waals surface area contributed by atoms with Gasteiger partial charge in [0.2, 0.25) is 0 Å². The quantitative estimate of drug-likeness (QED) is 0.808.